The van der Waals surface area contributed by atoms with Crippen molar-refractivity contribution in [2.75, 3.05) is 11.5 Å². The van der Waals surface area contributed by atoms with Gasteiger partial charge in [-0.3, -0.25) is 0 Å². The number of rotatable bonds is 2. The van der Waals surface area contributed by atoms with Crippen LogP contribution in [0.3, 0.4) is 0 Å². The number of benzene rings is 1. The first-order valence-electron chi connectivity index (χ1n) is 7.24. The van der Waals surface area contributed by atoms with Crippen LogP contribution in [0.2, 0.25) is 0 Å². The van der Waals surface area contributed by atoms with Crippen molar-refractivity contribution < 1.29 is 9.10 Å². The lowest BCUT2D eigenvalue weighted by molar-refractivity contribution is -0.746. The predicted octanol–water partition coefficient (Wildman–Crippen LogP) is 1.80. The molecular formula is C15H16N7O+. The summed E-state index contributed by atoms with van der Waals surface area (Å²) in [7, 11) is 0. The van der Waals surface area contributed by atoms with E-state index in [9.17, 15) is 0 Å². The number of hydrogen-bond donors (Lipinski definition) is 3. The zero-order chi connectivity index (χ0) is 16.1. The van der Waals surface area contributed by atoms with Crippen molar-refractivity contribution in [3.8, 4) is 11.3 Å². The lowest BCUT2D eigenvalue weighted by Gasteiger charge is -1.99. The van der Waals surface area contributed by atoms with Gasteiger partial charge in [-0.15, -0.1) is 0 Å². The Labute approximate surface area is 131 Å². The first-order chi connectivity index (χ1) is 11.0. The molecular weight excluding hydrogens is 294 g/mol. The van der Waals surface area contributed by atoms with E-state index in [0.29, 0.717) is 16.9 Å². The van der Waals surface area contributed by atoms with E-state index in [1.807, 2.05) is 22.9 Å². The topological polar surface area (TPSA) is 124 Å². The molecule has 0 saturated carbocycles. The van der Waals surface area contributed by atoms with Crippen molar-refractivity contribution in [3.63, 3.8) is 0 Å². The fourth-order valence-electron chi connectivity index (χ4n) is 2.72. The lowest BCUT2D eigenvalue weighted by atomic mass is 10.1. The van der Waals surface area contributed by atoms with Crippen LogP contribution in [0.25, 0.3) is 33.4 Å². The second-order valence-corrected chi connectivity index (χ2v) is 5.64. The molecule has 4 rings (SSSR count). The number of aromatic amines is 1. The van der Waals surface area contributed by atoms with Crippen molar-refractivity contribution in [3.05, 3.63) is 24.5 Å². The molecule has 0 radical (unpaired) electrons. The van der Waals surface area contributed by atoms with Crippen molar-refractivity contribution in [1.82, 2.24) is 20.1 Å². The third-order valence-electron chi connectivity index (χ3n) is 3.78. The van der Waals surface area contributed by atoms with Gasteiger partial charge < -0.3 is 15.9 Å². The molecule has 3 heterocycles. The summed E-state index contributed by atoms with van der Waals surface area (Å²) in [6, 6.07) is 6.01. The molecule has 23 heavy (non-hydrogen) atoms. The van der Waals surface area contributed by atoms with Crippen LogP contribution in [0.5, 0.6) is 0 Å². The summed E-state index contributed by atoms with van der Waals surface area (Å²) in [6.45, 7) is 4.14. The van der Waals surface area contributed by atoms with Gasteiger partial charge in [0.05, 0.1) is 0 Å². The highest BCUT2D eigenvalue weighted by molar-refractivity contribution is 5.97. The SMILES string of the molecule is CC(C)[n+]1[nH]c(-c2ccc3oc(N)nc3c2)c2c(N)ncnc21. The fourth-order valence-corrected chi connectivity index (χ4v) is 2.72. The third-order valence-corrected chi connectivity index (χ3v) is 3.78. The largest absolute Gasteiger partial charge is 0.424 e. The third kappa shape index (κ3) is 1.99. The van der Waals surface area contributed by atoms with Crippen molar-refractivity contribution in [1.29, 1.82) is 0 Å². The smallest absolute Gasteiger partial charge is 0.356 e. The molecule has 116 valence electrons. The number of nitrogen functional groups attached to an aromatic ring is 2. The molecule has 1 aromatic carbocycles. The molecule has 0 amide bonds. The first kappa shape index (κ1) is 13.5. The van der Waals surface area contributed by atoms with Crippen LogP contribution in [-0.4, -0.2) is 20.1 Å². The average molecular weight is 310 g/mol. The number of nitrogens with two attached hydrogens (primary N) is 2. The Bertz CT molecular complexity index is 1030. The van der Waals surface area contributed by atoms with Gasteiger partial charge in [0.1, 0.15) is 28.5 Å². The Kier molecular flexibility index (Phi) is 2.74. The van der Waals surface area contributed by atoms with E-state index in [0.717, 1.165) is 22.3 Å². The second kappa shape index (κ2) is 4.67. The van der Waals surface area contributed by atoms with Gasteiger partial charge in [-0.05, 0) is 37.0 Å². The Morgan fingerprint density at radius 1 is 1.22 bits per heavy atom. The Morgan fingerprint density at radius 2 is 2.04 bits per heavy atom. The van der Waals surface area contributed by atoms with Gasteiger partial charge in [-0.1, -0.05) is 0 Å². The molecule has 0 bridgehead atoms. The van der Waals surface area contributed by atoms with E-state index in [-0.39, 0.29) is 12.1 Å². The summed E-state index contributed by atoms with van der Waals surface area (Å²) in [5.41, 5.74) is 15.5. The molecule has 0 saturated heterocycles. The minimum absolute atomic E-state index is 0.147. The summed E-state index contributed by atoms with van der Waals surface area (Å²) in [4.78, 5) is 12.6. The molecule has 0 spiro atoms. The summed E-state index contributed by atoms with van der Waals surface area (Å²) < 4.78 is 7.28. The van der Waals surface area contributed by atoms with Crippen LogP contribution in [0.4, 0.5) is 11.8 Å². The Morgan fingerprint density at radius 3 is 2.83 bits per heavy atom. The number of H-pyrrole nitrogens is 1. The minimum Gasteiger partial charge on any atom is -0.424 e. The number of oxazole rings is 1. The second-order valence-electron chi connectivity index (χ2n) is 5.64. The van der Waals surface area contributed by atoms with Crippen molar-refractivity contribution in [2.45, 2.75) is 19.9 Å². The molecule has 0 aliphatic heterocycles. The zero-order valence-corrected chi connectivity index (χ0v) is 12.7. The fraction of sp³-hybridized carbons (Fsp3) is 0.200. The van der Waals surface area contributed by atoms with Crippen molar-refractivity contribution in [2.24, 2.45) is 0 Å². The van der Waals surface area contributed by atoms with E-state index >= 15 is 0 Å². The number of anilines is 2. The van der Waals surface area contributed by atoms with Crippen LogP contribution >= 0.6 is 0 Å². The quantitative estimate of drug-likeness (QED) is 0.485. The van der Waals surface area contributed by atoms with E-state index < -0.39 is 0 Å². The lowest BCUT2D eigenvalue weighted by Crippen LogP contribution is -2.39. The zero-order valence-electron chi connectivity index (χ0n) is 12.7. The van der Waals surface area contributed by atoms with Crippen LogP contribution in [0.15, 0.2) is 28.9 Å². The molecule has 5 N–H and O–H groups in total. The van der Waals surface area contributed by atoms with Crippen LogP contribution in [0, 0.1) is 0 Å². The standard InChI is InChI=1S/C15H15N7O/c1-7(2)22-14-11(13(16)18-6-19-14)12(21-22)8-3-4-10-9(5-8)20-15(17)23-10/h3-7H,1-2H3,(H4,16,17,18,19,20,21)/p+1. The number of fused-ring (bicyclic) bond motifs is 2. The molecule has 8 heteroatoms. The highest BCUT2D eigenvalue weighted by atomic mass is 16.4. The molecule has 0 aliphatic rings. The van der Waals surface area contributed by atoms with Crippen LogP contribution < -0.4 is 16.1 Å². The van der Waals surface area contributed by atoms with E-state index in [2.05, 4.69) is 33.9 Å². The van der Waals surface area contributed by atoms with Crippen LogP contribution in [0.1, 0.15) is 19.9 Å². The van der Waals surface area contributed by atoms with E-state index in [1.165, 1.54) is 6.33 Å². The highest BCUT2D eigenvalue weighted by Crippen LogP contribution is 2.30. The van der Waals surface area contributed by atoms with Gasteiger partial charge in [0.15, 0.2) is 5.58 Å². The molecule has 3 aromatic heterocycles. The number of nitrogens with zero attached hydrogens (tertiary/aromatic N) is 4. The van der Waals surface area contributed by atoms with Gasteiger partial charge in [0.25, 0.3) is 6.01 Å². The summed E-state index contributed by atoms with van der Waals surface area (Å²) in [5.74, 6) is 0.431. The molecule has 8 nitrogen and oxygen atoms in total. The number of hydrogen-bond acceptors (Lipinski definition) is 6. The minimum atomic E-state index is 0.147. The molecule has 0 fully saturated rings. The highest BCUT2D eigenvalue weighted by Gasteiger charge is 2.24. The van der Waals surface area contributed by atoms with E-state index in [4.69, 9.17) is 15.9 Å². The number of nitrogens with one attached hydrogen (secondary N) is 1. The monoisotopic (exact) mass is 310 g/mol. The van der Waals surface area contributed by atoms with E-state index in [1.54, 1.807) is 0 Å². The molecule has 0 unspecified atom stereocenters. The maximum absolute atomic E-state index is 6.09. The maximum Gasteiger partial charge on any atom is 0.356 e. The van der Waals surface area contributed by atoms with Crippen LogP contribution in [-0.2, 0) is 0 Å². The molecule has 0 atom stereocenters. The van der Waals surface area contributed by atoms with Gasteiger partial charge in [0.2, 0.25) is 6.33 Å². The Hall–Kier alpha value is -3.16. The van der Waals surface area contributed by atoms with Gasteiger partial charge in [0, 0.05) is 5.56 Å². The summed E-state index contributed by atoms with van der Waals surface area (Å²) >= 11 is 0. The summed E-state index contributed by atoms with van der Waals surface area (Å²) in [6.07, 6.45) is 1.47. The van der Waals surface area contributed by atoms with Gasteiger partial charge >= 0.3 is 5.65 Å². The summed E-state index contributed by atoms with van der Waals surface area (Å²) in [5, 5.41) is 4.15. The molecule has 4 aromatic rings. The van der Waals surface area contributed by atoms with Crippen molar-refractivity contribution >= 4 is 34.0 Å². The maximum atomic E-state index is 6.09. The normalized spacial score (nSPS) is 11.8. The average Bonchev–Trinajstić information content (AvgIpc) is 3.06. The predicted molar refractivity (Wildman–Crippen MR) is 86.3 cm³/mol. The molecule has 0 aliphatic carbocycles. The van der Waals surface area contributed by atoms with Gasteiger partial charge in [-0.25, -0.2) is 5.10 Å². The Balaban J connectivity index is 2.03. The van der Waals surface area contributed by atoms with Gasteiger partial charge in [-0.2, -0.15) is 14.6 Å². The number of aromatic nitrogens is 5. The first-order valence-corrected chi connectivity index (χ1v) is 7.24.